The molecule has 0 amide bonds. The SMILES string of the molecule is CC1C=C(C(C)(C)C)C=CC(C(C)(C)C)=C1. The first kappa shape index (κ1) is 13.3. The Kier molecular flexibility index (Phi) is 3.52. The summed E-state index contributed by atoms with van der Waals surface area (Å²) in [5.74, 6) is 0.526. The van der Waals surface area contributed by atoms with Gasteiger partial charge in [0.15, 0.2) is 0 Å². The Hall–Kier alpha value is -0.780. The second-order valence-corrected chi connectivity index (χ2v) is 6.94. The predicted octanol–water partition coefficient (Wildman–Crippen LogP) is 5.14. The van der Waals surface area contributed by atoms with Crippen LogP contribution in [-0.4, -0.2) is 0 Å². The maximum absolute atomic E-state index is 2.38. The molecule has 0 nitrogen and oxygen atoms in total. The summed E-state index contributed by atoms with van der Waals surface area (Å²) >= 11 is 0. The van der Waals surface area contributed by atoms with Crippen LogP contribution in [0.25, 0.3) is 0 Å². The van der Waals surface area contributed by atoms with E-state index >= 15 is 0 Å². The second kappa shape index (κ2) is 4.24. The third kappa shape index (κ3) is 3.37. The quantitative estimate of drug-likeness (QED) is 0.528. The Morgan fingerprint density at radius 1 is 0.750 bits per heavy atom. The molecule has 0 aromatic carbocycles. The zero-order valence-corrected chi connectivity index (χ0v) is 11.9. The van der Waals surface area contributed by atoms with Crippen LogP contribution < -0.4 is 0 Å². The summed E-state index contributed by atoms with van der Waals surface area (Å²) in [4.78, 5) is 0. The van der Waals surface area contributed by atoms with E-state index in [1.807, 2.05) is 0 Å². The van der Waals surface area contributed by atoms with Gasteiger partial charge in [0, 0.05) is 0 Å². The number of rotatable bonds is 0. The maximum atomic E-state index is 2.38. The van der Waals surface area contributed by atoms with Crippen LogP contribution in [0.5, 0.6) is 0 Å². The van der Waals surface area contributed by atoms with Crippen LogP contribution in [0.3, 0.4) is 0 Å². The lowest BCUT2D eigenvalue weighted by Gasteiger charge is -2.21. The van der Waals surface area contributed by atoms with Crippen molar-refractivity contribution in [1.82, 2.24) is 0 Å². The minimum Gasteiger partial charge on any atom is -0.0741 e. The zero-order chi connectivity index (χ0) is 12.6. The summed E-state index contributed by atoms with van der Waals surface area (Å²) in [6.07, 6.45) is 9.35. The minimum absolute atomic E-state index is 0.242. The smallest absolute Gasteiger partial charge is 0.00698 e. The molecule has 0 bridgehead atoms. The van der Waals surface area contributed by atoms with Crippen molar-refractivity contribution in [2.24, 2.45) is 16.7 Å². The van der Waals surface area contributed by atoms with E-state index in [4.69, 9.17) is 0 Å². The Balaban J connectivity index is 3.06. The van der Waals surface area contributed by atoms with Gasteiger partial charge in [-0.2, -0.15) is 0 Å². The average Bonchev–Trinajstić information content (AvgIpc) is 2.24. The highest BCUT2D eigenvalue weighted by Gasteiger charge is 2.20. The van der Waals surface area contributed by atoms with Gasteiger partial charge in [0.05, 0.1) is 0 Å². The van der Waals surface area contributed by atoms with E-state index in [0.29, 0.717) is 5.92 Å². The van der Waals surface area contributed by atoms with Gasteiger partial charge < -0.3 is 0 Å². The molecule has 0 saturated heterocycles. The molecule has 1 rings (SSSR count). The molecule has 90 valence electrons. The van der Waals surface area contributed by atoms with Crippen molar-refractivity contribution < 1.29 is 0 Å². The minimum atomic E-state index is 0.242. The van der Waals surface area contributed by atoms with Gasteiger partial charge in [-0.1, -0.05) is 72.8 Å². The van der Waals surface area contributed by atoms with Gasteiger partial charge in [-0.15, -0.1) is 0 Å². The van der Waals surface area contributed by atoms with Crippen LogP contribution in [0.4, 0.5) is 0 Å². The molecule has 0 heteroatoms. The summed E-state index contributed by atoms with van der Waals surface area (Å²) in [6, 6.07) is 0. The molecule has 0 fully saturated rings. The largest absolute Gasteiger partial charge is 0.0741 e. The molecule has 0 spiro atoms. The Morgan fingerprint density at radius 3 is 1.31 bits per heavy atom. The van der Waals surface area contributed by atoms with Crippen molar-refractivity contribution in [1.29, 1.82) is 0 Å². The van der Waals surface area contributed by atoms with E-state index in [9.17, 15) is 0 Å². The molecule has 0 aromatic heterocycles. The van der Waals surface area contributed by atoms with Crippen LogP contribution >= 0.6 is 0 Å². The highest BCUT2D eigenvalue weighted by molar-refractivity contribution is 5.38. The first-order valence-corrected chi connectivity index (χ1v) is 6.23. The summed E-state index contributed by atoms with van der Waals surface area (Å²) in [7, 11) is 0. The highest BCUT2D eigenvalue weighted by Crippen LogP contribution is 2.34. The van der Waals surface area contributed by atoms with Crippen LogP contribution in [0, 0.1) is 16.7 Å². The van der Waals surface area contributed by atoms with Crippen LogP contribution in [-0.2, 0) is 0 Å². The fraction of sp³-hybridized carbons (Fsp3) is 0.625. The summed E-state index contributed by atoms with van der Waals surface area (Å²) in [6.45, 7) is 15.9. The number of hydrogen-bond acceptors (Lipinski definition) is 0. The number of allylic oxidation sites excluding steroid dienone is 6. The maximum Gasteiger partial charge on any atom is -0.00698 e. The standard InChI is InChI=1S/C16H26/c1-12-10-13(15(2,3)4)8-9-14(11-12)16(5,6)7/h8-12H,1-7H3. The van der Waals surface area contributed by atoms with Crippen molar-refractivity contribution in [2.45, 2.75) is 48.5 Å². The lowest BCUT2D eigenvalue weighted by Crippen LogP contribution is -2.08. The molecule has 16 heavy (non-hydrogen) atoms. The monoisotopic (exact) mass is 218 g/mol. The van der Waals surface area contributed by atoms with Gasteiger partial charge in [0.25, 0.3) is 0 Å². The molecule has 0 N–H and O–H groups in total. The van der Waals surface area contributed by atoms with Gasteiger partial charge in [-0.25, -0.2) is 0 Å². The van der Waals surface area contributed by atoms with Crippen molar-refractivity contribution in [3.8, 4) is 0 Å². The van der Waals surface area contributed by atoms with Gasteiger partial charge in [-0.05, 0) is 27.9 Å². The van der Waals surface area contributed by atoms with Crippen LogP contribution in [0.2, 0.25) is 0 Å². The third-order valence-electron chi connectivity index (χ3n) is 3.06. The second-order valence-electron chi connectivity index (χ2n) is 6.94. The molecule has 0 aromatic rings. The molecule has 1 aliphatic rings. The van der Waals surface area contributed by atoms with E-state index in [0.717, 1.165) is 0 Å². The van der Waals surface area contributed by atoms with Crippen molar-refractivity contribution in [3.05, 3.63) is 35.5 Å². The first-order valence-electron chi connectivity index (χ1n) is 6.23. The topological polar surface area (TPSA) is 0 Å². The Bertz CT molecular complexity index is 303. The van der Waals surface area contributed by atoms with Gasteiger partial charge in [-0.3, -0.25) is 0 Å². The fourth-order valence-electron chi connectivity index (χ4n) is 1.91. The summed E-state index contributed by atoms with van der Waals surface area (Å²) in [5.41, 5.74) is 3.36. The van der Waals surface area contributed by atoms with Gasteiger partial charge in [0.1, 0.15) is 0 Å². The molecule has 0 heterocycles. The van der Waals surface area contributed by atoms with Crippen molar-refractivity contribution in [2.75, 3.05) is 0 Å². The molecule has 0 aliphatic heterocycles. The van der Waals surface area contributed by atoms with Gasteiger partial charge >= 0.3 is 0 Å². The lowest BCUT2D eigenvalue weighted by atomic mass is 9.84. The van der Waals surface area contributed by atoms with Crippen molar-refractivity contribution >= 4 is 0 Å². The fourth-order valence-corrected chi connectivity index (χ4v) is 1.91. The highest BCUT2D eigenvalue weighted by atomic mass is 14.3. The van der Waals surface area contributed by atoms with Gasteiger partial charge in [0.2, 0.25) is 0 Å². The normalized spacial score (nSPS) is 19.2. The zero-order valence-electron chi connectivity index (χ0n) is 11.9. The average molecular weight is 218 g/mol. The van der Waals surface area contributed by atoms with E-state index < -0.39 is 0 Å². The van der Waals surface area contributed by atoms with Crippen LogP contribution in [0.15, 0.2) is 35.5 Å². The molecule has 0 radical (unpaired) electrons. The van der Waals surface area contributed by atoms with E-state index in [-0.39, 0.29) is 10.8 Å². The summed E-state index contributed by atoms with van der Waals surface area (Å²) < 4.78 is 0. The lowest BCUT2D eigenvalue weighted by molar-refractivity contribution is 0.512. The van der Waals surface area contributed by atoms with Crippen molar-refractivity contribution in [3.63, 3.8) is 0 Å². The first-order chi connectivity index (χ1) is 7.10. The Labute approximate surface area is 101 Å². The predicted molar refractivity (Wildman–Crippen MR) is 73.4 cm³/mol. The van der Waals surface area contributed by atoms with E-state index in [1.54, 1.807) is 0 Å². The molecule has 0 saturated carbocycles. The molecular formula is C16H26. The third-order valence-corrected chi connectivity index (χ3v) is 3.06. The van der Waals surface area contributed by atoms with Crippen LogP contribution in [0.1, 0.15) is 48.5 Å². The molecule has 0 atom stereocenters. The summed E-state index contributed by atoms with van der Waals surface area (Å²) in [5, 5.41) is 0. The molecule has 0 unspecified atom stereocenters. The molecular weight excluding hydrogens is 192 g/mol. The Morgan fingerprint density at radius 2 is 1.06 bits per heavy atom. The van der Waals surface area contributed by atoms with E-state index in [2.05, 4.69) is 72.8 Å². The molecule has 1 aliphatic carbocycles. The number of hydrogen-bond donors (Lipinski definition) is 0. The van der Waals surface area contributed by atoms with E-state index in [1.165, 1.54) is 11.1 Å².